The molecule has 2 aromatic rings. The molecule has 1 aromatic heterocycles. The van der Waals surface area contributed by atoms with Crippen molar-refractivity contribution in [1.29, 1.82) is 0 Å². The Morgan fingerprint density at radius 2 is 2.05 bits per heavy atom. The third kappa shape index (κ3) is 2.64. The number of ether oxygens (including phenoxy) is 1. The maximum Gasteiger partial charge on any atom is 0.416 e. The van der Waals surface area contributed by atoms with Gasteiger partial charge in [0.05, 0.1) is 18.9 Å². The van der Waals surface area contributed by atoms with Crippen molar-refractivity contribution in [3.63, 3.8) is 0 Å². The first-order chi connectivity index (χ1) is 9.47. The topological polar surface area (TPSA) is 35.0 Å². The first-order valence-corrected chi connectivity index (χ1v) is 5.67. The molecule has 0 aliphatic carbocycles. The highest BCUT2D eigenvalue weighted by molar-refractivity contribution is 5.74. The standard InChI is InChI=1S/C14H11F3N2O/c1-3-11-12(20-2)8-18-19-13(11)9-5-4-6-10(7-9)14(15,16)17/h3-8H,1H2,2H3. The van der Waals surface area contributed by atoms with Crippen LogP contribution in [0.3, 0.4) is 0 Å². The van der Waals surface area contributed by atoms with E-state index in [1.54, 1.807) is 0 Å². The lowest BCUT2D eigenvalue weighted by Gasteiger charge is -2.11. The molecule has 0 aliphatic rings. The van der Waals surface area contributed by atoms with Gasteiger partial charge in [0.2, 0.25) is 0 Å². The fourth-order valence-corrected chi connectivity index (χ4v) is 1.80. The van der Waals surface area contributed by atoms with E-state index in [1.807, 2.05) is 0 Å². The van der Waals surface area contributed by atoms with Crippen LogP contribution in [-0.4, -0.2) is 17.3 Å². The summed E-state index contributed by atoms with van der Waals surface area (Å²) in [5.41, 5.74) is 0.364. The number of rotatable bonds is 3. The number of hydrogen-bond acceptors (Lipinski definition) is 3. The third-order valence-corrected chi connectivity index (χ3v) is 2.74. The molecule has 0 radical (unpaired) electrons. The van der Waals surface area contributed by atoms with Gasteiger partial charge < -0.3 is 4.74 Å². The zero-order valence-electron chi connectivity index (χ0n) is 10.6. The number of benzene rings is 1. The summed E-state index contributed by atoms with van der Waals surface area (Å²) >= 11 is 0. The molecule has 6 heteroatoms. The lowest BCUT2D eigenvalue weighted by atomic mass is 10.0. The minimum Gasteiger partial charge on any atom is -0.494 e. The Morgan fingerprint density at radius 1 is 1.30 bits per heavy atom. The van der Waals surface area contributed by atoms with Gasteiger partial charge in [-0.05, 0) is 12.1 Å². The van der Waals surface area contributed by atoms with Gasteiger partial charge in [0.25, 0.3) is 0 Å². The summed E-state index contributed by atoms with van der Waals surface area (Å²) in [7, 11) is 1.44. The van der Waals surface area contributed by atoms with Crippen molar-refractivity contribution < 1.29 is 17.9 Å². The van der Waals surface area contributed by atoms with E-state index < -0.39 is 11.7 Å². The minimum atomic E-state index is -4.41. The SMILES string of the molecule is C=Cc1c(OC)cnnc1-c1cccc(C(F)(F)F)c1. The Morgan fingerprint density at radius 3 is 2.65 bits per heavy atom. The molecule has 0 atom stereocenters. The van der Waals surface area contributed by atoms with Crippen molar-refractivity contribution in [2.45, 2.75) is 6.18 Å². The van der Waals surface area contributed by atoms with Crippen molar-refractivity contribution >= 4 is 6.08 Å². The van der Waals surface area contributed by atoms with E-state index in [0.717, 1.165) is 12.1 Å². The molecule has 20 heavy (non-hydrogen) atoms. The van der Waals surface area contributed by atoms with Gasteiger partial charge in [0.1, 0.15) is 11.4 Å². The Hall–Kier alpha value is -2.37. The van der Waals surface area contributed by atoms with Crippen LogP contribution in [0.5, 0.6) is 5.75 Å². The van der Waals surface area contributed by atoms with Crippen LogP contribution in [0.25, 0.3) is 17.3 Å². The molecule has 3 nitrogen and oxygen atoms in total. The van der Waals surface area contributed by atoms with Crippen molar-refractivity contribution in [2.75, 3.05) is 7.11 Å². The van der Waals surface area contributed by atoms with E-state index in [0.29, 0.717) is 22.6 Å². The maximum absolute atomic E-state index is 12.7. The van der Waals surface area contributed by atoms with Crippen LogP contribution < -0.4 is 4.74 Å². The normalized spacial score (nSPS) is 11.2. The number of alkyl halides is 3. The van der Waals surface area contributed by atoms with Crippen molar-refractivity contribution in [1.82, 2.24) is 10.2 Å². The largest absolute Gasteiger partial charge is 0.494 e. The van der Waals surface area contributed by atoms with Crippen molar-refractivity contribution in [3.05, 3.63) is 48.2 Å². The van der Waals surface area contributed by atoms with E-state index in [2.05, 4.69) is 16.8 Å². The van der Waals surface area contributed by atoms with Gasteiger partial charge in [-0.1, -0.05) is 24.8 Å². The molecule has 2 rings (SSSR count). The smallest absolute Gasteiger partial charge is 0.416 e. The molecule has 0 bridgehead atoms. The number of nitrogens with zero attached hydrogens (tertiary/aromatic N) is 2. The molecule has 0 N–H and O–H groups in total. The fraction of sp³-hybridized carbons (Fsp3) is 0.143. The molecule has 0 saturated carbocycles. The van der Waals surface area contributed by atoms with E-state index in [4.69, 9.17) is 4.74 Å². The molecule has 104 valence electrons. The number of hydrogen-bond donors (Lipinski definition) is 0. The summed E-state index contributed by atoms with van der Waals surface area (Å²) < 4.78 is 43.3. The summed E-state index contributed by atoms with van der Waals surface area (Å²) in [4.78, 5) is 0. The summed E-state index contributed by atoms with van der Waals surface area (Å²) in [6.07, 6.45) is -1.55. The quantitative estimate of drug-likeness (QED) is 0.857. The summed E-state index contributed by atoms with van der Waals surface area (Å²) in [5.74, 6) is 0.405. The average molecular weight is 280 g/mol. The second-order valence-electron chi connectivity index (χ2n) is 3.96. The zero-order valence-corrected chi connectivity index (χ0v) is 10.6. The van der Waals surface area contributed by atoms with Crippen LogP contribution in [-0.2, 0) is 6.18 Å². The molecular formula is C14H11F3N2O. The highest BCUT2D eigenvalue weighted by Gasteiger charge is 2.30. The first-order valence-electron chi connectivity index (χ1n) is 5.67. The van der Waals surface area contributed by atoms with Crippen LogP contribution in [0.15, 0.2) is 37.0 Å². The van der Waals surface area contributed by atoms with Crippen LogP contribution in [0.1, 0.15) is 11.1 Å². The van der Waals surface area contributed by atoms with E-state index in [1.165, 1.54) is 31.5 Å². The van der Waals surface area contributed by atoms with E-state index in [-0.39, 0.29) is 0 Å². The number of aromatic nitrogens is 2. The fourth-order valence-electron chi connectivity index (χ4n) is 1.80. The van der Waals surface area contributed by atoms with Crippen molar-refractivity contribution in [2.24, 2.45) is 0 Å². The van der Waals surface area contributed by atoms with E-state index in [9.17, 15) is 13.2 Å². The van der Waals surface area contributed by atoms with E-state index >= 15 is 0 Å². The summed E-state index contributed by atoms with van der Waals surface area (Å²) in [6.45, 7) is 3.63. The Kier molecular flexibility index (Phi) is 3.74. The Bertz CT molecular complexity index is 639. The molecule has 1 heterocycles. The molecular weight excluding hydrogens is 269 g/mol. The van der Waals surface area contributed by atoms with Gasteiger partial charge in [-0.25, -0.2) is 0 Å². The van der Waals surface area contributed by atoms with Crippen LogP contribution >= 0.6 is 0 Å². The molecule has 0 amide bonds. The highest BCUT2D eigenvalue weighted by atomic mass is 19.4. The lowest BCUT2D eigenvalue weighted by Crippen LogP contribution is -2.05. The molecule has 0 unspecified atom stereocenters. The second-order valence-corrected chi connectivity index (χ2v) is 3.96. The Balaban J connectivity index is 2.60. The summed E-state index contributed by atoms with van der Waals surface area (Å²) in [5, 5.41) is 7.61. The molecule has 0 saturated heterocycles. The zero-order chi connectivity index (χ0) is 14.8. The van der Waals surface area contributed by atoms with Gasteiger partial charge in [-0.3, -0.25) is 0 Å². The second kappa shape index (κ2) is 5.32. The number of halogens is 3. The van der Waals surface area contributed by atoms with Gasteiger partial charge in [-0.15, -0.1) is 5.10 Å². The minimum absolute atomic E-state index is 0.297. The lowest BCUT2D eigenvalue weighted by molar-refractivity contribution is -0.137. The van der Waals surface area contributed by atoms with Crippen molar-refractivity contribution in [3.8, 4) is 17.0 Å². The van der Waals surface area contributed by atoms with Gasteiger partial charge in [0, 0.05) is 11.1 Å². The molecule has 0 fully saturated rings. The third-order valence-electron chi connectivity index (χ3n) is 2.74. The van der Waals surface area contributed by atoms with Gasteiger partial charge in [0.15, 0.2) is 0 Å². The maximum atomic E-state index is 12.7. The molecule has 1 aromatic carbocycles. The molecule has 0 aliphatic heterocycles. The molecule has 0 spiro atoms. The first kappa shape index (κ1) is 14.0. The van der Waals surface area contributed by atoms with Crippen LogP contribution in [0.2, 0.25) is 0 Å². The van der Waals surface area contributed by atoms with Gasteiger partial charge >= 0.3 is 6.18 Å². The van der Waals surface area contributed by atoms with Crippen LogP contribution in [0, 0.1) is 0 Å². The Labute approximate surface area is 113 Å². The average Bonchev–Trinajstić information content (AvgIpc) is 2.45. The predicted molar refractivity (Wildman–Crippen MR) is 69.1 cm³/mol. The van der Waals surface area contributed by atoms with Crippen LogP contribution in [0.4, 0.5) is 13.2 Å². The number of methoxy groups -OCH3 is 1. The monoisotopic (exact) mass is 280 g/mol. The highest BCUT2D eigenvalue weighted by Crippen LogP contribution is 2.34. The van der Waals surface area contributed by atoms with Gasteiger partial charge in [-0.2, -0.15) is 18.3 Å². The summed E-state index contributed by atoms with van der Waals surface area (Å²) in [6, 6.07) is 4.89. The predicted octanol–water partition coefficient (Wildman–Crippen LogP) is 3.81.